The predicted molar refractivity (Wildman–Crippen MR) is 95.4 cm³/mol. The third-order valence-corrected chi connectivity index (χ3v) is 9.37. The Bertz CT molecular complexity index is 527. The summed E-state index contributed by atoms with van der Waals surface area (Å²) in [6, 6.07) is 4.87. The highest BCUT2D eigenvalue weighted by atomic mass is 35.6. The summed E-state index contributed by atoms with van der Waals surface area (Å²) >= 11 is 6.34. The van der Waals surface area contributed by atoms with Gasteiger partial charge in [0.15, 0.2) is 17.5 Å². The average Bonchev–Trinajstić information content (AvgIpc) is 2.59. The molecule has 3 rings (SSSR count). The Labute approximate surface area is 149 Å². The molecular weight excluding hydrogens is 349 g/mol. The monoisotopic (exact) mass is 374 g/mol. The number of hydrogen-bond donors (Lipinski definition) is 0. The van der Waals surface area contributed by atoms with E-state index in [1.54, 1.807) is 0 Å². The number of aryl methyl sites for hydroxylation is 1. The molecule has 1 aliphatic carbocycles. The van der Waals surface area contributed by atoms with Gasteiger partial charge in [-0.1, -0.05) is 25.7 Å². The Morgan fingerprint density at radius 1 is 0.875 bits per heavy atom. The summed E-state index contributed by atoms with van der Waals surface area (Å²) in [4.78, 5) is 0. The number of benzene rings is 1. The molecule has 2 fully saturated rings. The first kappa shape index (κ1) is 18.3. The van der Waals surface area contributed by atoms with Gasteiger partial charge in [-0.05, 0) is 73.2 Å². The molecule has 0 atom stereocenters. The first-order chi connectivity index (χ1) is 11.5. The maximum absolute atomic E-state index is 13.3. The molecular formula is C19H26ClF3Si. The third-order valence-electron chi connectivity index (χ3n) is 6.14. The molecule has 1 saturated carbocycles. The van der Waals surface area contributed by atoms with Gasteiger partial charge in [0.2, 0.25) is 0 Å². The first-order valence-electron chi connectivity index (χ1n) is 9.30. The van der Waals surface area contributed by atoms with Gasteiger partial charge < -0.3 is 0 Å². The van der Waals surface area contributed by atoms with Gasteiger partial charge in [-0.25, -0.2) is 13.2 Å². The molecule has 0 radical (unpaired) electrons. The van der Waals surface area contributed by atoms with Crippen LogP contribution in [-0.2, 0) is 6.42 Å². The van der Waals surface area contributed by atoms with Crippen molar-refractivity contribution in [2.24, 2.45) is 17.8 Å². The Morgan fingerprint density at radius 2 is 1.42 bits per heavy atom. The summed E-state index contributed by atoms with van der Waals surface area (Å²) in [6.07, 6.45) is 9.26. The van der Waals surface area contributed by atoms with E-state index in [4.69, 9.17) is 11.1 Å². The molecule has 0 bridgehead atoms. The van der Waals surface area contributed by atoms with Crippen LogP contribution in [0.25, 0.3) is 0 Å². The van der Waals surface area contributed by atoms with Gasteiger partial charge in [-0.15, -0.1) is 0 Å². The maximum Gasteiger partial charge on any atom is 0.194 e. The lowest BCUT2D eigenvalue weighted by atomic mass is 9.73. The molecule has 1 aromatic rings. The van der Waals surface area contributed by atoms with Gasteiger partial charge in [-0.3, -0.25) is 0 Å². The molecule has 1 aromatic carbocycles. The molecule has 0 unspecified atom stereocenters. The van der Waals surface area contributed by atoms with E-state index in [0.29, 0.717) is 17.9 Å². The highest BCUT2D eigenvalue weighted by molar-refractivity contribution is 7.07. The van der Waals surface area contributed by atoms with Crippen molar-refractivity contribution in [1.82, 2.24) is 0 Å². The van der Waals surface area contributed by atoms with Gasteiger partial charge in [0.25, 0.3) is 0 Å². The zero-order valence-corrected chi connectivity index (χ0v) is 16.0. The normalized spacial score (nSPS) is 31.2. The molecule has 24 heavy (non-hydrogen) atoms. The van der Waals surface area contributed by atoms with Crippen molar-refractivity contribution in [3.05, 3.63) is 35.1 Å². The van der Waals surface area contributed by atoms with Gasteiger partial charge >= 0.3 is 0 Å². The highest BCUT2D eigenvalue weighted by Gasteiger charge is 2.30. The zero-order chi connectivity index (χ0) is 17.1. The van der Waals surface area contributed by atoms with Gasteiger partial charge in [0.1, 0.15) is 8.11 Å². The minimum absolute atomic E-state index is 0.568. The summed E-state index contributed by atoms with van der Waals surface area (Å²) in [7, 11) is -0.874. The van der Waals surface area contributed by atoms with E-state index in [1.165, 1.54) is 50.6 Å². The lowest BCUT2D eigenvalue weighted by Crippen LogP contribution is -2.26. The van der Waals surface area contributed by atoms with Crippen LogP contribution in [0, 0.1) is 35.2 Å². The molecule has 0 N–H and O–H groups in total. The SMILES string of the molecule is Fc1cc(CCC2CCC(C3CC[SiH](Cl)CC3)CC2)cc(F)c1F. The first-order valence-corrected chi connectivity index (χ1v) is 12.7. The van der Waals surface area contributed by atoms with Crippen LogP contribution in [0.5, 0.6) is 0 Å². The maximum atomic E-state index is 13.3. The van der Waals surface area contributed by atoms with Crippen LogP contribution in [0.15, 0.2) is 12.1 Å². The lowest BCUT2D eigenvalue weighted by molar-refractivity contribution is 0.187. The van der Waals surface area contributed by atoms with Crippen molar-refractivity contribution in [2.75, 3.05) is 0 Å². The van der Waals surface area contributed by atoms with Crippen LogP contribution in [0.4, 0.5) is 13.2 Å². The second-order valence-electron chi connectivity index (χ2n) is 7.70. The molecule has 134 valence electrons. The molecule has 0 spiro atoms. The largest absolute Gasteiger partial charge is 0.204 e. The molecule has 5 heteroatoms. The summed E-state index contributed by atoms with van der Waals surface area (Å²) in [6.45, 7) is 0. The van der Waals surface area contributed by atoms with Crippen molar-refractivity contribution in [3.63, 3.8) is 0 Å². The fraction of sp³-hybridized carbons (Fsp3) is 0.684. The van der Waals surface area contributed by atoms with E-state index >= 15 is 0 Å². The molecule has 0 aromatic heterocycles. The van der Waals surface area contributed by atoms with Gasteiger partial charge in [-0.2, -0.15) is 11.1 Å². The van der Waals surface area contributed by atoms with Crippen molar-refractivity contribution in [2.45, 2.75) is 63.5 Å². The van der Waals surface area contributed by atoms with E-state index in [1.807, 2.05) is 0 Å². The Kier molecular flexibility index (Phi) is 6.31. The van der Waals surface area contributed by atoms with Crippen LogP contribution >= 0.6 is 11.1 Å². The topological polar surface area (TPSA) is 0 Å². The van der Waals surface area contributed by atoms with Crippen molar-refractivity contribution < 1.29 is 13.2 Å². The molecule has 2 aliphatic rings. The van der Waals surface area contributed by atoms with Crippen molar-refractivity contribution in [3.8, 4) is 0 Å². The molecule has 1 saturated heterocycles. The molecule has 1 heterocycles. The summed E-state index contributed by atoms with van der Waals surface area (Å²) in [5, 5.41) is 0. The van der Waals surface area contributed by atoms with Crippen LogP contribution in [0.2, 0.25) is 12.1 Å². The van der Waals surface area contributed by atoms with E-state index in [0.717, 1.165) is 30.4 Å². The Balaban J connectivity index is 1.44. The smallest absolute Gasteiger partial charge is 0.194 e. The molecule has 1 aliphatic heterocycles. The number of rotatable bonds is 4. The molecule has 0 nitrogen and oxygen atoms in total. The van der Waals surface area contributed by atoms with Crippen molar-refractivity contribution in [1.29, 1.82) is 0 Å². The average molecular weight is 375 g/mol. The fourth-order valence-electron chi connectivity index (χ4n) is 4.62. The van der Waals surface area contributed by atoms with Crippen LogP contribution in [0.3, 0.4) is 0 Å². The van der Waals surface area contributed by atoms with Crippen LogP contribution in [0.1, 0.15) is 50.5 Å². The van der Waals surface area contributed by atoms with Crippen LogP contribution in [-0.4, -0.2) is 8.11 Å². The van der Waals surface area contributed by atoms with Gasteiger partial charge in [0.05, 0.1) is 0 Å². The standard InChI is InChI=1S/C19H26ClF3Si/c20-24-9-7-16(8-10-24)15-5-3-13(4-6-15)1-2-14-11-17(21)19(23)18(22)12-14/h11-13,15-16,24H,1-10H2. The Hall–Kier alpha value is -0.483. The fourth-order valence-corrected chi connectivity index (χ4v) is 7.25. The van der Waals surface area contributed by atoms with E-state index in [9.17, 15) is 13.2 Å². The second kappa shape index (κ2) is 8.26. The minimum atomic E-state index is -1.37. The van der Waals surface area contributed by atoms with E-state index < -0.39 is 25.6 Å². The van der Waals surface area contributed by atoms with E-state index in [-0.39, 0.29) is 0 Å². The minimum Gasteiger partial charge on any atom is -0.204 e. The number of hydrogen-bond acceptors (Lipinski definition) is 0. The summed E-state index contributed by atoms with van der Waals surface area (Å²) in [5.74, 6) is -1.14. The summed E-state index contributed by atoms with van der Waals surface area (Å²) < 4.78 is 39.5. The number of halogens is 4. The second-order valence-corrected chi connectivity index (χ2v) is 11.9. The predicted octanol–water partition coefficient (Wildman–Crippen LogP) is 6.22. The highest BCUT2D eigenvalue weighted by Crippen LogP contribution is 2.41. The lowest BCUT2D eigenvalue weighted by Gasteiger charge is -2.36. The van der Waals surface area contributed by atoms with Crippen LogP contribution < -0.4 is 0 Å². The summed E-state index contributed by atoms with van der Waals surface area (Å²) in [5.41, 5.74) is 0.568. The van der Waals surface area contributed by atoms with Crippen molar-refractivity contribution >= 4 is 19.2 Å². The third kappa shape index (κ3) is 4.57. The Morgan fingerprint density at radius 3 is 2.00 bits per heavy atom. The quantitative estimate of drug-likeness (QED) is 0.333. The molecule has 0 amide bonds. The zero-order valence-electron chi connectivity index (χ0n) is 14.0. The van der Waals surface area contributed by atoms with Gasteiger partial charge in [0, 0.05) is 0 Å². The van der Waals surface area contributed by atoms with E-state index in [2.05, 4.69) is 0 Å².